The Kier molecular flexibility index (Phi) is 2.71. The molecule has 1 aliphatic rings. The fourth-order valence-corrected chi connectivity index (χ4v) is 2.48. The number of fused-ring (bicyclic) bond motifs is 1. The van der Waals surface area contributed by atoms with Crippen molar-refractivity contribution in [3.8, 4) is 0 Å². The quantitative estimate of drug-likeness (QED) is 0.498. The highest BCUT2D eigenvalue weighted by atomic mass is 27.0. The predicted molar refractivity (Wildman–Crippen MR) is 52.6 cm³/mol. The van der Waals surface area contributed by atoms with Gasteiger partial charge in [-0.15, -0.1) is 0 Å². The Morgan fingerprint density at radius 3 is 3.00 bits per heavy atom. The lowest BCUT2D eigenvalue weighted by atomic mass is 9.95. The second-order valence-electron chi connectivity index (χ2n) is 3.45. The fraction of sp³-hybridized carbons (Fsp3) is 0.400. The maximum absolute atomic E-state index is 11.6. The summed E-state index contributed by atoms with van der Waals surface area (Å²) in [6.45, 7) is 0.718. The van der Waals surface area contributed by atoms with Gasteiger partial charge in [0.15, 0.2) is 0 Å². The smallest absolute Gasteiger partial charge is 0.128 e. The maximum atomic E-state index is 11.6. The number of nitrogens with one attached hydrogen (secondary N) is 1. The maximum Gasteiger partial charge on any atom is 0.128 e. The Hall–Kier alpha value is -0.328. The molecule has 2 nitrogen and oxygen atoms in total. The molecule has 2 rings (SSSR count). The van der Waals surface area contributed by atoms with Crippen molar-refractivity contribution in [2.75, 3.05) is 6.54 Å². The Morgan fingerprint density at radius 2 is 2.23 bits per heavy atom. The third-order valence-electron chi connectivity index (χ3n) is 2.70. The monoisotopic (exact) mass is 189 g/mol. The molecular weight excluding hydrogens is 177 g/mol. The van der Waals surface area contributed by atoms with E-state index in [1.165, 1.54) is 11.1 Å². The van der Waals surface area contributed by atoms with Crippen LogP contribution in [0.2, 0.25) is 5.28 Å². The second-order valence-corrected chi connectivity index (χ2v) is 3.92. The molecule has 3 heteroatoms. The van der Waals surface area contributed by atoms with Gasteiger partial charge in [0.05, 0.1) is 12.6 Å². The molecule has 0 saturated heterocycles. The molecule has 0 fully saturated rings. The standard InChI is InChI=1S/C10H12NO.Al/c1-8-10-5-3-2-4-9(10)6-7-11(8)12;/h2-5,8,11H,1,6-7H2;. The van der Waals surface area contributed by atoms with E-state index in [1.54, 1.807) is 0 Å². The zero-order valence-electron chi connectivity index (χ0n) is 7.49. The van der Waals surface area contributed by atoms with Crippen LogP contribution in [0, 0.1) is 5.21 Å². The third kappa shape index (κ3) is 1.66. The molecule has 1 N–H and O–H groups in total. The van der Waals surface area contributed by atoms with Crippen LogP contribution in [0.15, 0.2) is 24.3 Å². The summed E-state index contributed by atoms with van der Waals surface area (Å²) in [4.78, 5) is 0. The topological polar surface area (TPSA) is 27.5 Å². The summed E-state index contributed by atoms with van der Waals surface area (Å²) in [5.74, 6) is 0. The molecule has 0 spiro atoms. The minimum atomic E-state index is 0.134. The van der Waals surface area contributed by atoms with Crippen molar-refractivity contribution in [1.29, 1.82) is 0 Å². The Bertz CT molecular complexity index is 303. The minimum absolute atomic E-state index is 0.134. The molecule has 13 heavy (non-hydrogen) atoms. The van der Waals surface area contributed by atoms with Gasteiger partial charge < -0.3 is 10.3 Å². The van der Waals surface area contributed by atoms with E-state index in [0.717, 1.165) is 18.2 Å². The van der Waals surface area contributed by atoms with Crippen molar-refractivity contribution in [2.24, 2.45) is 0 Å². The average molecular weight is 189 g/mol. The Labute approximate surface area is 86.6 Å². The molecule has 2 radical (unpaired) electrons. The van der Waals surface area contributed by atoms with Crippen LogP contribution in [0.1, 0.15) is 17.2 Å². The van der Waals surface area contributed by atoms with Crippen molar-refractivity contribution < 1.29 is 5.06 Å². The number of hydrogen-bond acceptors (Lipinski definition) is 1. The van der Waals surface area contributed by atoms with Crippen molar-refractivity contribution in [3.05, 3.63) is 40.6 Å². The number of quaternary nitrogens is 1. The number of hydrogen-bond donors (Lipinski definition) is 1. The average Bonchev–Trinajstić information content (AvgIpc) is 2.18. The van der Waals surface area contributed by atoms with Crippen molar-refractivity contribution in [3.63, 3.8) is 0 Å². The molecule has 0 amide bonds. The van der Waals surface area contributed by atoms with Gasteiger partial charge in [-0.2, -0.15) is 0 Å². The third-order valence-corrected chi connectivity index (χ3v) is 3.17. The van der Waals surface area contributed by atoms with Crippen LogP contribution in [0.4, 0.5) is 0 Å². The van der Waals surface area contributed by atoms with Gasteiger partial charge in [0.1, 0.15) is 16.3 Å². The Balaban J connectivity index is 2.39. The van der Waals surface area contributed by atoms with Crippen LogP contribution < -0.4 is 5.06 Å². The first-order chi connectivity index (χ1) is 6.33. The normalized spacial score (nSPS) is 26.8. The van der Waals surface area contributed by atoms with Gasteiger partial charge in [0.25, 0.3) is 0 Å². The lowest BCUT2D eigenvalue weighted by molar-refractivity contribution is -0.881. The van der Waals surface area contributed by atoms with E-state index in [-0.39, 0.29) is 6.04 Å². The number of rotatable bonds is 1. The molecule has 0 aromatic heterocycles. The van der Waals surface area contributed by atoms with Gasteiger partial charge in [-0.3, -0.25) is 0 Å². The van der Waals surface area contributed by atoms with Crippen LogP contribution in [0.25, 0.3) is 0 Å². The summed E-state index contributed by atoms with van der Waals surface area (Å²) in [5, 5.41) is 12.8. The zero-order chi connectivity index (χ0) is 9.26. The molecule has 66 valence electrons. The van der Waals surface area contributed by atoms with Gasteiger partial charge in [-0.1, -0.05) is 29.5 Å². The summed E-state index contributed by atoms with van der Waals surface area (Å²) in [6, 6.07) is 8.42. The number of benzene rings is 1. The number of hydroxylamine groups is 2. The summed E-state index contributed by atoms with van der Waals surface area (Å²) in [6.07, 6.45) is 0.927. The van der Waals surface area contributed by atoms with E-state index in [9.17, 15) is 5.21 Å². The van der Waals surface area contributed by atoms with Crippen LogP contribution in [0.5, 0.6) is 0 Å². The SMILES string of the molecule is [O-][NH+]1CCc2ccccc2C1[CH2][Al]. The van der Waals surface area contributed by atoms with Crippen molar-refractivity contribution in [2.45, 2.75) is 17.7 Å². The highest BCUT2D eigenvalue weighted by Crippen LogP contribution is 2.20. The van der Waals surface area contributed by atoms with Crippen molar-refractivity contribution >= 4 is 16.3 Å². The fourth-order valence-electron chi connectivity index (χ4n) is 1.97. The zero-order valence-corrected chi connectivity index (χ0v) is 8.65. The largest absolute Gasteiger partial charge is 0.634 e. The molecule has 1 aromatic carbocycles. The van der Waals surface area contributed by atoms with Crippen LogP contribution in [0.3, 0.4) is 0 Å². The van der Waals surface area contributed by atoms with E-state index in [0.29, 0.717) is 5.06 Å². The first kappa shape index (κ1) is 9.24. The summed E-state index contributed by atoms with van der Waals surface area (Å²) >= 11 is 2.67. The highest BCUT2D eigenvalue weighted by Gasteiger charge is 2.23. The molecule has 1 aromatic rings. The van der Waals surface area contributed by atoms with Gasteiger partial charge in [0, 0.05) is 12.0 Å². The molecule has 0 bridgehead atoms. The van der Waals surface area contributed by atoms with Crippen LogP contribution >= 0.6 is 0 Å². The molecule has 1 aliphatic heterocycles. The first-order valence-corrected chi connectivity index (χ1v) is 5.45. The van der Waals surface area contributed by atoms with Crippen LogP contribution in [-0.2, 0) is 6.42 Å². The second kappa shape index (κ2) is 3.81. The first-order valence-electron chi connectivity index (χ1n) is 4.63. The minimum Gasteiger partial charge on any atom is -0.634 e. The van der Waals surface area contributed by atoms with Gasteiger partial charge in [-0.05, 0) is 5.56 Å². The van der Waals surface area contributed by atoms with Gasteiger partial charge in [-0.25, -0.2) is 0 Å². The lowest BCUT2D eigenvalue weighted by Crippen LogP contribution is -3.08. The summed E-state index contributed by atoms with van der Waals surface area (Å²) < 4.78 is 0. The molecule has 2 unspecified atom stereocenters. The van der Waals surface area contributed by atoms with Gasteiger partial charge >= 0.3 is 0 Å². The van der Waals surface area contributed by atoms with E-state index in [4.69, 9.17) is 0 Å². The molecule has 1 heterocycles. The van der Waals surface area contributed by atoms with E-state index >= 15 is 0 Å². The highest BCUT2D eigenvalue weighted by molar-refractivity contribution is 6.08. The summed E-state index contributed by atoms with van der Waals surface area (Å²) in [7, 11) is 0. The van der Waals surface area contributed by atoms with Crippen molar-refractivity contribution in [1.82, 2.24) is 0 Å². The molecule has 0 aliphatic carbocycles. The van der Waals surface area contributed by atoms with Gasteiger partial charge in [0.2, 0.25) is 0 Å². The van der Waals surface area contributed by atoms with Crippen LogP contribution in [-0.4, -0.2) is 22.8 Å². The molecular formula is C10H12AlNO. The van der Waals surface area contributed by atoms with E-state index in [1.807, 2.05) is 6.07 Å². The summed E-state index contributed by atoms with van der Waals surface area (Å²) in [5.41, 5.74) is 2.60. The molecule has 2 atom stereocenters. The Morgan fingerprint density at radius 1 is 1.46 bits per heavy atom. The van der Waals surface area contributed by atoms with E-state index in [2.05, 4.69) is 34.5 Å². The van der Waals surface area contributed by atoms with E-state index < -0.39 is 0 Å². The lowest BCUT2D eigenvalue weighted by Gasteiger charge is -2.36. The molecule has 0 saturated carbocycles. The predicted octanol–water partition coefficient (Wildman–Crippen LogP) is 0.253.